The number of allylic oxidation sites excluding steroid dienone is 3. The summed E-state index contributed by atoms with van der Waals surface area (Å²) in [6.07, 6.45) is 5.50. The lowest BCUT2D eigenvalue weighted by molar-refractivity contribution is 0.516. The van der Waals surface area contributed by atoms with E-state index in [1.165, 1.54) is 19.2 Å². The average molecular weight is 218 g/mol. The van der Waals surface area contributed by atoms with E-state index in [1.807, 2.05) is 6.21 Å². The Morgan fingerprint density at radius 3 is 2.50 bits per heavy atom. The largest absolute Gasteiger partial charge is 0.267 e. The normalized spacial score (nSPS) is 15.3. The van der Waals surface area contributed by atoms with Crippen LogP contribution in [0.4, 0.5) is 4.39 Å². The van der Waals surface area contributed by atoms with Gasteiger partial charge in [-0.15, -0.1) is 0 Å². The summed E-state index contributed by atoms with van der Waals surface area (Å²) in [5.41, 5.74) is 0.0577. The quantitative estimate of drug-likeness (QED) is 0.488. The first-order chi connectivity index (χ1) is 6.37. The van der Waals surface area contributed by atoms with Crippen molar-refractivity contribution in [1.82, 2.24) is 0 Å². The lowest BCUT2D eigenvalue weighted by Crippen LogP contribution is -2.10. The zero-order valence-corrected chi connectivity index (χ0v) is 9.90. The van der Waals surface area contributed by atoms with Crippen molar-refractivity contribution < 1.29 is 4.39 Å². The Kier molecular flexibility index (Phi) is 5.70. The molecule has 0 saturated carbocycles. The van der Waals surface area contributed by atoms with Crippen LogP contribution in [0.2, 0.25) is 0 Å². The van der Waals surface area contributed by atoms with Crippen molar-refractivity contribution in [2.45, 2.75) is 34.1 Å². The van der Waals surface area contributed by atoms with E-state index in [1.54, 1.807) is 0 Å². The van der Waals surface area contributed by atoms with Crippen molar-refractivity contribution in [1.29, 1.82) is 0 Å². The molecule has 0 heterocycles. The smallest absolute Gasteiger partial charge is 0.0984 e. The first-order valence-corrected chi connectivity index (χ1v) is 4.99. The zero-order chi connectivity index (χ0) is 11.2. The van der Waals surface area contributed by atoms with Gasteiger partial charge in [-0.3, -0.25) is 4.99 Å². The van der Waals surface area contributed by atoms with E-state index in [0.29, 0.717) is 5.03 Å². The summed E-state index contributed by atoms with van der Waals surface area (Å²) in [6, 6.07) is 0. The first-order valence-electron chi connectivity index (χ1n) is 4.61. The van der Waals surface area contributed by atoms with Crippen LogP contribution in [0.15, 0.2) is 28.1 Å². The molecule has 0 bridgehead atoms. The molecular weight excluding hydrogens is 201 g/mol. The minimum atomic E-state index is -0.323. The maximum atomic E-state index is 12.4. The predicted octanol–water partition coefficient (Wildman–Crippen LogP) is 4.45. The first kappa shape index (κ1) is 13.4. The summed E-state index contributed by atoms with van der Waals surface area (Å²) in [4.78, 5) is 4.04. The second-order valence-electron chi connectivity index (χ2n) is 3.87. The fourth-order valence-electron chi connectivity index (χ4n) is 0.629. The Morgan fingerprint density at radius 2 is 2.07 bits per heavy atom. The number of rotatable bonds is 4. The van der Waals surface area contributed by atoms with Gasteiger partial charge in [0.05, 0.1) is 10.9 Å². The molecule has 0 aliphatic carbocycles. The zero-order valence-electron chi connectivity index (χ0n) is 9.14. The molecular formula is C11H17ClFN. The Morgan fingerprint density at radius 1 is 1.50 bits per heavy atom. The van der Waals surface area contributed by atoms with Gasteiger partial charge in [-0.05, 0) is 24.8 Å². The molecule has 0 aliphatic heterocycles. The molecule has 0 radical (unpaired) electrons. The number of nitrogens with zero attached hydrogens (tertiary/aromatic N) is 1. The summed E-state index contributed by atoms with van der Waals surface area (Å²) < 4.78 is 12.4. The van der Waals surface area contributed by atoms with Crippen LogP contribution in [0.5, 0.6) is 0 Å². The van der Waals surface area contributed by atoms with Gasteiger partial charge in [0.25, 0.3) is 0 Å². The number of hydrogen-bond donors (Lipinski definition) is 0. The van der Waals surface area contributed by atoms with Crippen LogP contribution in [-0.2, 0) is 0 Å². The highest BCUT2D eigenvalue weighted by Gasteiger charge is 2.09. The Bertz CT molecular complexity index is 260. The van der Waals surface area contributed by atoms with Gasteiger partial charge in [-0.1, -0.05) is 32.4 Å². The molecule has 0 aliphatic rings. The average Bonchev–Trinajstić information content (AvgIpc) is 2.02. The molecule has 3 heteroatoms. The Balaban J connectivity index is 4.36. The van der Waals surface area contributed by atoms with Crippen molar-refractivity contribution in [3.05, 3.63) is 23.1 Å². The topological polar surface area (TPSA) is 12.4 Å². The molecule has 0 N–H and O–H groups in total. The van der Waals surface area contributed by atoms with Crippen LogP contribution in [0, 0.1) is 5.41 Å². The van der Waals surface area contributed by atoms with Crippen molar-refractivity contribution in [2.24, 2.45) is 10.4 Å². The standard InChI is InChI=1S/C11H17ClFN/c1-5-11(3,4)8-14-7-10(12)6-9(2)13/h6-8H,5H2,1-4H3/b9-6+,10-7+,14-8+. The van der Waals surface area contributed by atoms with E-state index in [4.69, 9.17) is 11.6 Å². The van der Waals surface area contributed by atoms with Crippen LogP contribution in [0.25, 0.3) is 0 Å². The van der Waals surface area contributed by atoms with Crippen LogP contribution in [0.1, 0.15) is 34.1 Å². The summed E-state index contributed by atoms with van der Waals surface area (Å²) in [6.45, 7) is 7.59. The molecule has 0 unspecified atom stereocenters. The van der Waals surface area contributed by atoms with Gasteiger partial charge in [0.2, 0.25) is 0 Å². The lowest BCUT2D eigenvalue weighted by Gasteiger charge is -2.14. The number of aliphatic imine (C=N–C) groups is 1. The second-order valence-corrected chi connectivity index (χ2v) is 4.30. The molecule has 0 aromatic rings. The van der Waals surface area contributed by atoms with Gasteiger partial charge in [0.1, 0.15) is 0 Å². The maximum Gasteiger partial charge on any atom is 0.0984 e. The van der Waals surface area contributed by atoms with Crippen LogP contribution in [-0.4, -0.2) is 6.21 Å². The molecule has 0 aromatic carbocycles. The molecule has 0 atom stereocenters. The molecule has 0 spiro atoms. The Hall–Kier alpha value is -0.630. The monoisotopic (exact) mass is 217 g/mol. The van der Waals surface area contributed by atoms with Gasteiger partial charge in [-0.2, -0.15) is 0 Å². The summed E-state index contributed by atoms with van der Waals surface area (Å²) >= 11 is 5.68. The molecule has 0 amide bonds. The molecule has 1 nitrogen and oxygen atoms in total. The van der Waals surface area contributed by atoms with Crippen molar-refractivity contribution in [2.75, 3.05) is 0 Å². The van der Waals surface area contributed by atoms with E-state index in [-0.39, 0.29) is 11.2 Å². The molecule has 0 aromatic heterocycles. The van der Waals surface area contributed by atoms with E-state index in [0.717, 1.165) is 6.42 Å². The van der Waals surface area contributed by atoms with Crippen LogP contribution >= 0.6 is 11.6 Å². The molecule has 0 fully saturated rings. The minimum Gasteiger partial charge on any atom is -0.267 e. The summed E-state index contributed by atoms with van der Waals surface area (Å²) in [5, 5.41) is 0.299. The van der Waals surface area contributed by atoms with E-state index >= 15 is 0 Å². The third-order valence-electron chi connectivity index (χ3n) is 1.87. The highest BCUT2D eigenvalue weighted by molar-refractivity contribution is 6.31. The van der Waals surface area contributed by atoms with E-state index in [9.17, 15) is 4.39 Å². The highest BCUT2D eigenvalue weighted by Crippen LogP contribution is 2.16. The van der Waals surface area contributed by atoms with Crippen LogP contribution < -0.4 is 0 Å². The minimum absolute atomic E-state index is 0.0577. The molecule has 0 saturated heterocycles. The lowest BCUT2D eigenvalue weighted by atomic mass is 9.92. The van der Waals surface area contributed by atoms with Gasteiger partial charge in [0.15, 0.2) is 0 Å². The fourth-order valence-corrected chi connectivity index (χ4v) is 0.835. The maximum absolute atomic E-state index is 12.4. The van der Waals surface area contributed by atoms with Crippen molar-refractivity contribution in [3.63, 3.8) is 0 Å². The highest BCUT2D eigenvalue weighted by atomic mass is 35.5. The van der Waals surface area contributed by atoms with Crippen LogP contribution in [0.3, 0.4) is 0 Å². The van der Waals surface area contributed by atoms with Crippen molar-refractivity contribution in [3.8, 4) is 0 Å². The van der Waals surface area contributed by atoms with Gasteiger partial charge < -0.3 is 0 Å². The third kappa shape index (κ3) is 6.84. The van der Waals surface area contributed by atoms with E-state index in [2.05, 4.69) is 25.8 Å². The number of halogens is 2. The Labute approximate surface area is 90.4 Å². The molecule has 14 heavy (non-hydrogen) atoms. The van der Waals surface area contributed by atoms with Gasteiger partial charge >= 0.3 is 0 Å². The summed E-state index contributed by atoms with van der Waals surface area (Å²) in [5.74, 6) is -0.323. The SMILES string of the molecule is CCC(C)(C)/C=N/C=C(Cl)\C=C(/C)F. The summed E-state index contributed by atoms with van der Waals surface area (Å²) in [7, 11) is 0. The molecule has 80 valence electrons. The van der Waals surface area contributed by atoms with Crippen molar-refractivity contribution >= 4 is 17.8 Å². The van der Waals surface area contributed by atoms with Gasteiger partial charge in [0, 0.05) is 12.4 Å². The number of hydrogen-bond acceptors (Lipinski definition) is 1. The molecule has 0 rings (SSSR count). The van der Waals surface area contributed by atoms with E-state index < -0.39 is 0 Å². The van der Waals surface area contributed by atoms with Gasteiger partial charge in [-0.25, -0.2) is 4.39 Å². The fraction of sp³-hybridized carbons (Fsp3) is 0.545. The third-order valence-corrected chi connectivity index (χ3v) is 2.08. The second kappa shape index (κ2) is 5.97. The predicted molar refractivity (Wildman–Crippen MR) is 61.4 cm³/mol.